The molecule has 4 saturated carbocycles. The first-order chi connectivity index (χ1) is 35.6. The molecule has 0 atom stereocenters. The molecule has 6 heteroatoms. The predicted octanol–water partition coefficient (Wildman–Crippen LogP) is 15.8. The van der Waals surface area contributed by atoms with Gasteiger partial charge in [-0.1, -0.05) is 194 Å². The Morgan fingerprint density at radius 2 is 0.667 bits per heavy atom. The largest absolute Gasteiger partial charge is 0.208 e. The Bertz CT molecular complexity index is 3790. The first-order valence-corrected chi connectivity index (χ1v) is 25.6. The van der Waals surface area contributed by atoms with Gasteiger partial charge in [-0.2, -0.15) is 0 Å². The molecular formula is C66H48N6. The Morgan fingerprint density at radius 1 is 0.278 bits per heavy atom. The molecule has 0 unspecified atom stereocenters. The monoisotopic (exact) mass is 924 g/mol. The molecule has 4 bridgehead atoms. The lowest BCUT2D eigenvalue weighted by molar-refractivity contribution is -0.0399. The van der Waals surface area contributed by atoms with E-state index in [2.05, 4.69) is 133 Å². The molecule has 9 aromatic carbocycles. The van der Waals surface area contributed by atoms with E-state index in [-0.39, 0.29) is 5.41 Å². The van der Waals surface area contributed by atoms with Crippen LogP contribution >= 0.6 is 0 Å². The lowest BCUT2D eigenvalue weighted by atomic mass is 9.43. The third-order valence-corrected chi connectivity index (χ3v) is 16.8. The fourth-order valence-electron chi connectivity index (χ4n) is 14.0. The van der Waals surface area contributed by atoms with Gasteiger partial charge in [0.2, 0.25) is 0 Å². The summed E-state index contributed by atoms with van der Waals surface area (Å²) in [6.45, 7) is 0. The van der Waals surface area contributed by atoms with Crippen LogP contribution in [0.3, 0.4) is 0 Å². The Labute approximate surface area is 418 Å². The smallest absolute Gasteiger partial charge is 0.165 e. The topological polar surface area (TPSA) is 77.3 Å². The summed E-state index contributed by atoms with van der Waals surface area (Å²) in [5.41, 5.74) is 13.8. The zero-order valence-corrected chi connectivity index (χ0v) is 39.7. The third kappa shape index (κ3) is 6.41. The van der Waals surface area contributed by atoms with E-state index in [1.54, 1.807) is 11.1 Å². The van der Waals surface area contributed by atoms with Crippen LogP contribution in [-0.4, -0.2) is 29.9 Å². The molecule has 2 heterocycles. The van der Waals surface area contributed by atoms with Crippen molar-refractivity contribution in [2.45, 2.75) is 37.5 Å². The molecule has 6 nitrogen and oxygen atoms in total. The molecule has 5 aliphatic carbocycles. The summed E-state index contributed by atoms with van der Waals surface area (Å²) >= 11 is 0. The minimum atomic E-state index is 0.125. The van der Waals surface area contributed by atoms with Crippen LogP contribution in [0.1, 0.15) is 43.2 Å². The average Bonchev–Trinajstić information content (AvgIpc) is 3.74. The molecular weight excluding hydrogens is 877 g/mol. The van der Waals surface area contributed by atoms with E-state index in [9.17, 15) is 0 Å². The van der Waals surface area contributed by atoms with Crippen molar-refractivity contribution >= 4 is 21.5 Å². The van der Waals surface area contributed by atoms with E-state index in [0.717, 1.165) is 78.6 Å². The van der Waals surface area contributed by atoms with Crippen LogP contribution in [0.25, 0.3) is 112 Å². The summed E-state index contributed by atoms with van der Waals surface area (Å²) in [5, 5.41) is 4.19. The van der Waals surface area contributed by atoms with Crippen LogP contribution in [-0.2, 0) is 5.41 Å². The van der Waals surface area contributed by atoms with Crippen molar-refractivity contribution in [3.63, 3.8) is 0 Å². The summed E-state index contributed by atoms with van der Waals surface area (Å²) in [7, 11) is 0. The molecule has 11 aromatic rings. The summed E-state index contributed by atoms with van der Waals surface area (Å²) in [6.07, 6.45) is 6.94. The normalized spacial score (nSPS) is 20.3. The van der Waals surface area contributed by atoms with Crippen molar-refractivity contribution in [1.29, 1.82) is 0 Å². The number of fused-ring (bicyclic) bond motifs is 6. The van der Waals surface area contributed by atoms with E-state index in [4.69, 9.17) is 29.9 Å². The number of nitrogens with zero attached hydrogens (tertiary/aromatic N) is 6. The standard InChI is InChI=1S/C66H48N6/c1-5-17-42(18-6-1)60-67-61(43-19-7-2-8-20-43)70-64(69-60)58-52-27-14-13-25-50(52)54-38-46(29-31-53(54)59(58)65-71-62(44-21-9-3-10-22-44)68-63(72-65)45-23-11-4-12-24-45)47-30-32-57-55(39-47)51-26-15-16-28-56(51)66(57)48-34-40-33-41(36-48)37-49(66)35-40/h1-32,38-41,48-49H,33-37H2. The molecule has 5 aliphatic rings. The number of rotatable bonds is 7. The van der Waals surface area contributed by atoms with Gasteiger partial charge in [0.1, 0.15) is 0 Å². The molecule has 342 valence electrons. The van der Waals surface area contributed by atoms with E-state index < -0.39 is 0 Å². The zero-order valence-electron chi connectivity index (χ0n) is 39.7. The van der Waals surface area contributed by atoms with Crippen molar-refractivity contribution in [3.8, 4) is 90.6 Å². The van der Waals surface area contributed by atoms with E-state index in [0.29, 0.717) is 34.9 Å². The first-order valence-electron chi connectivity index (χ1n) is 25.6. The molecule has 1 spiro atoms. The lowest BCUT2D eigenvalue weighted by Crippen LogP contribution is -2.55. The summed E-state index contributed by atoms with van der Waals surface area (Å²) in [6, 6.07) is 73.3. The van der Waals surface area contributed by atoms with Gasteiger partial charge in [0.15, 0.2) is 34.9 Å². The highest BCUT2D eigenvalue weighted by Crippen LogP contribution is 2.69. The molecule has 0 radical (unpaired) electrons. The predicted molar refractivity (Wildman–Crippen MR) is 290 cm³/mol. The van der Waals surface area contributed by atoms with Crippen molar-refractivity contribution < 1.29 is 0 Å². The summed E-state index contributed by atoms with van der Waals surface area (Å²) in [4.78, 5) is 31.9. The molecule has 72 heavy (non-hydrogen) atoms. The first kappa shape index (κ1) is 41.3. The second kappa shape index (κ2) is 16.3. The highest BCUT2D eigenvalue weighted by Gasteiger charge is 2.61. The lowest BCUT2D eigenvalue weighted by Gasteiger charge is -2.61. The Hall–Kier alpha value is -8.48. The van der Waals surface area contributed by atoms with Gasteiger partial charge in [0, 0.05) is 38.8 Å². The highest BCUT2D eigenvalue weighted by molar-refractivity contribution is 6.21. The zero-order chi connectivity index (χ0) is 47.3. The molecule has 4 fully saturated rings. The van der Waals surface area contributed by atoms with Crippen LogP contribution in [0, 0.1) is 23.7 Å². The second-order valence-corrected chi connectivity index (χ2v) is 20.6. The summed E-state index contributed by atoms with van der Waals surface area (Å²) in [5.74, 6) is 6.68. The highest BCUT2D eigenvalue weighted by atomic mass is 15.1. The van der Waals surface area contributed by atoms with Gasteiger partial charge in [0.05, 0.1) is 0 Å². The summed E-state index contributed by atoms with van der Waals surface area (Å²) < 4.78 is 0. The van der Waals surface area contributed by atoms with Crippen LogP contribution in [0.2, 0.25) is 0 Å². The van der Waals surface area contributed by atoms with Gasteiger partial charge in [-0.25, -0.2) is 29.9 Å². The second-order valence-electron chi connectivity index (χ2n) is 20.6. The Balaban J connectivity index is 0.994. The third-order valence-electron chi connectivity index (χ3n) is 16.8. The van der Waals surface area contributed by atoms with Gasteiger partial charge >= 0.3 is 0 Å². The minimum Gasteiger partial charge on any atom is -0.208 e. The van der Waals surface area contributed by atoms with Crippen molar-refractivity contribution in [2.24, 2.45) is 23.7 Å². The van der Waals surface area contributed by atoms with Crippen molar-refractivity contribution in [3.05, 3.63) is 217 Å². The molecule has 0 amide bonds. The Kier molecular flexibility index (Phi) is 9.35. The van der Waals surface area contributed by atoms with Gasteiger partial charge in [-0.05, 0) is 123 Å². The number of aromatic nitrogens is 6. The van der Waals surface area contributed by atoms with Crippen LogP contribution in [0.4, 0.5) is 0 Å². The molecule has 0 aliphatic heterocycles. The maximum atomic E-state index is 5.42. The molecule has 16 rings (SSSR count). The van der Waals surface area contributed by atoms with Crippen molar-refractivity contribution in [1.82, 2.24) is 29.9 Å². The number of hydrogen-bond acceptors (Lipinski definition) is 6. The fourth-order valence-corrected chi connectivity index (χ4v) is 14.0. The average molecular weight is 925 g/mol. The molecule has 0 saturated heterocycles. The van der Waals surface area contributed by atoms with Crippen LogP contribution < -0.4 is 0 Å². The van der Waals surface area contributed by atoms with Crippen LogP contribution in [0.15, 0.2) is 206 Å². The van der Waals surface area contributed by atoms with Gasteiger partial charge in [0.25, 0.3) is 0 Å². The number of benzene rings is 9. The van der Waals surface area contributed by atoms with Gasteiger partial charge in [-0.15, -0.1) is 0 Å². The van der Waals surface area contributed by atoms with E-state index in [1.807, 2.05) is 72.8 Å². The van der Waals surface area contributed by atoms with Gasteiger partial charge < -0.3 is 0 Å². The van der Waals surface area contributed by atoms with E-state index >= 15 is 0 Å². The number of hydrogen-bond donors (Lipinski definition) is 0. The maximum Gasteiger partial charge on any atom is 0.165 e. The molecule has 0 N–H and O–H groups in total. The van der Waals surface area contributed by atoms with E-state index in [1.165, 1.54) is 54.4 Å². The molecule has 2 aromatic heterocycles. The van der Waals surface area contributed by atoms with Crippen LogP contribution in [0.5, 0.6) is 0 Å². The minimum absolute atomic E-state index is 0.125. The van der Waals surface area contributed by atoms with Crippen molar-refractivity contribution in [2.75, 3.05) is 0 Å². The fraction of sp³-hybridized carbons (Fsp3) is 0.152. The van der Waals surface area contributed by atoms with Gasteiger partial charge in [-0.3, -0.25) is 0 Å². The maximum absolute atomic E-state index is 5.42. The quantitative estimate of drug-likeness (QED) is 0.148. The Morgan fingerprint density at radius 3 is 1.18 bits per heavy atom. The SMILES string of the molecule is c1ccc(-c2nc(-c3ccccc3)nc(-c3c(-c4nc(-c5ccccc5)nc(-c5ccccc5)n4)c4ccc(-c5ccc6c(c5)-c5ccccc5C65C6CC7CC(C6)CC5C7)cc4c4ccccc34)n2)cc1.